The Balaban J connectivity index is 2.12. The van der Waals surface area contributed by atoms with Gasteiger partial charge in [0, 0.05) is 9.89 Å². The molecular weight excluding hydrogens is 514 g/mol. The van der Waals surface area contributed by atoms with Gasteiger partial charge in [-0.05, 0) is 42.8 Å². The SMILES string of the molecule is COc1cc(C=Nn2c(C(C)(C)C)nc3ccc(Br)cc3c2=O)cc(Cl)c1O[C@@H](C)C(=O)O. The van der Waals surface area contributed by atoms with Gasteiger partial charge in [0.15, 0.2) is 17.6 Å². The zero-order chi connectivity index (χ0) is 24.5. The normalized spacial score (nSPS) is 12.8. The zero-order valence-electron chi connectivity index (χ0n) is 18.7. The van der Waals surface area contributed by atoms with Gasteiger partial charge in [-0.15, -0.1) is 0 Å². The van der Waals surface area contributed by atoms with Crippen LogP contribution in [0.25, 0.3) is 10.9 Å². The molecule has 0 bridgehead atoms. The number of rotatable bonds is 6. The molecule has 33 heavy (non-hydrogen) atoms. The van der Waals surface area contributed by atoms with Crippen molar-refractivity contribution in [3.63, 3.8) is 0 Å². The summed E-state index contributed by atoms with van der Waals surface area (Å²) in [7, 11) is 1.41. The maximum Gasteiger partial charge on any atom is 0.344 e. The van der Waals surface area contributed by atoms with E-state index in [2.05, 4.69) is 26.0 Å². The van der Waals surface area contributed by atoms with Gasteiger partial charge < -0.3 is 14.6 Å². The number of ether oxygens (including phenoxy) is 2. The summed E-state index contributed by atoms with van der Waals surface area (Å²) < 4.78 is 12.8. The Bertz CT molecular complexity index is 1310. The van der Waals surface area contributed by atoms with E-state index >= 15 is 0 Å². The Hall–Kier alpha value is -2.91. The van der Waals surface area contributed by atoms with Crippen molar-refractivity contribution in [3.05, 3.63) is 61.6 Å². The van der Waals surface area contributed by atoms with Crippen LogP contribution in [0.1, 0.15) is 39.1 Å². The van der Waals surface area contributed by atoms with Crippen LogP contribution in [-0.2, 0) is 10.2 Å². The first kappa shape index (κ1) is 24.7. The van der Waals surface area contributed by atoms with Gasteiger partial charge in [-0.2, -0.15) is 9.78 Å². The number of carbonyl (C=O) groups is 1. The number of carboxylic acid groups (broad SMARTS) is 1. The highest BCUT2D eigenvalue weighted by Crippen LogP contribution is 2.37. The largest absolute Gasteiger partial charge is 0.493 e. The summed E-state index contributed by atoms with van der Waals surface area (Å²) in [4.78, 5) is 29.1. The minimum Gasteiger partial charge on any atom is -0.493 e. The molecule has 3 rings (SSSR count). The lowest BCUT2D eigenvalue weighted by atomic mass is 9.95. The fraction of sp³-hybridized carbons (Fsp3) is 0.304. The van der Waals surface area contributed by atoms with Gasteiger partial charge in [-0.25, -0.2) is 9.78 Å². The maximum atomic E-state index is 13.3. The summed E-state index contributed by atoms with van der Waals surface area (Å²) in [5, 5.41) is 14.1. The molecule has 0 fully saturated rings. The molecule has 174 valence electrons. The van der Waals surface area contributed by atoms with Gasteiger partial charge in [0.05, 0.1) is 29.2 Å². The lowest BCUT2D eigenvalue weighted by Crippen LogP contribution is -2.29. The number of nitrogens with zero attached hydrogens (tertiary/aromatic N) is 3. The van der Waals surface area contributed by atoms with E-state index < -0.39 is 17.5 Å². The summed E-state index contributed by atoms with van der Waals surface area (Å²) >= 11 is 9.72. The quantitative estimate of drug-likeness (QED) is 0.452. The number of fused-ring (bicyclic) bond motifs is 1. The molecule has 1 N–H and O–H groups in total. The molecule has 0 unspecified atom stereocenters. The van der Waals surface area contributed by atoms with Crippen LogP contribution in [0.2, 0.25) is 5.02 Å². The summed E-state index contributed by atoms with van der Waals surface area (Å²) in [6.07, 6.45) is 0.341. The first-order valence-electron chi connectivity index (χ1n) is 9.96. The van der Waals surface area contributed by atoms with E-state index in [9.17, 15) is 9.59 Å². The molecule has 0 aliphatic carbocycles. The molecule has 3 aromatic rings. The molecule has 8 nitrogen and oxygen atoms in total. The second-order valence-electron chi connectivity index (χ2n) is 8.34. The first-order chi connectivity index (χ1) is 15.4. The average molecular weight is 537 g/mol. The maximum absolute atomic E-state index is 13.3. The Kier molecular flexibility index (Phi) is 7.14. The molecule has 10 heteroatoms. The summed E-state index contributed by atoms with van der Waals surface area (Å²) in [6, 6.07) is 8.46. The van der Waals surface area contributed by atoms with Crippen LogP contribution in [0, 0.1) is 0 Å². The third kappa shape index (κ3) is 5.36. The molecule has 0 aliphatic heterocycles. The molecule has 1 heterocycles. The standard InChI is InChI=1S/C23H23BrClN3O5/c1-12(21(30)31)33-19-16(25)8-13(9-18(19)32-5)11-26-28-20(29)15-10-14(24)6-7-17(15)27-22(28)23(2,3)4/h6-12H,1-5H3,(H,30,31)/t12-/m0/s1. The van der Waals surface area contributed by atoms with Gasteiger partial charge in [0.25, 0.3) is 5.56 Å². The topological polar surface area (TPSA) is 103 Å². The zero-order valence-corrected chi connectivity index (χ0v) is 21.1. The number of aromatic nitrogens is 2. The van der Waals surface area contributed by atoms with Gasteiger partial charge in [0.1, 0.15) is 5.82 Å². The van der Waals surface area contributed by atoms with Gasteiger partial charge in [-0.1, -0.05) is 48.3 Å². The monoisotopic (exact) mass is 535 g/mol. The smallest absolute Gasteiger partial charge is 0.344 e. The number of methoxy groups -OCH3 is 1. The highest BCUT2D eigenvalue weighted by molar-refractivity contribution is 9.10. The Morgan fingerprint density at radius 3 is 2.61 bits per heavy atom. The molecular formula is C23H23BrClN3O5. The number of hydrogen-bond donors (Lipinski definition) is 1. The second kappa shape index (κ2) is 9.52. The van der Waals surface area contributed by atoms with Crippen molar-refractivity contribution in [1.82, 2.24) is 9.66 Å². The molecule has 2 aromatic carbocycles. The number of halogens is 2. The fourth-order valence-corrected chi connectivity index (χ4v) is 3.65. The number of hydrogen-bond acceptors (Lipinski definition) is 6. The minimum absolute atomic E-state index is 0.107. The molecule has 1 atom stereocenters. The average Bonchev–Trinajstić information content (AvgIpc) is 2.73. The van der Waals surface area contributed by atoms with Crippen molar-refractivity contribution in [2.45, 2.75) is 39.2 Å². The highest BCUT2D eigenvalue weighted by atomic mass is 79.9. The summed E-state index contributed by atoms with van der Waals surface area (Å²) in [5.74, 6) is -0.299. The second-order valence-corrected chi connectivity index (χ2v) is 9.66. The fourth-order valence-electron chi connectivity index (χ4n) is 3.02. The Labute approximate surface area is 203 Å². The third-order valence-corrected chi connectivity index (χ3v) is 5.47. The van der Waals surface area contributed by atoms with Crippen LogP contribution in [0.5, 0.6) is 11.5 Å². The number of carboxylic acids is 1. The lowest BCUT2D eigenvalue weighted by molar-refractivity contribution is -0.144. The van der Waals surface area contributed by atoms with Crippen LogP contribution < -0.4 is 15.0 Å². The lowest BCUT2D eigenvalue weighted by Gasteiger charge is -2.21. The van der Waals surface area contributed by atoms with Crippen molar-refractivity contribution in [3.8, 4) is 11.5 Å². The van der Waals surface area contributed by atoms with E-state index in [0.29, 0.717) is 22.3 Å². The number of benzene rings is 2. The molecule has 0 saturated carbocycles. The predicted octanol–water partition coefficient (Wildman–Crippen LogP) is 4.85. The third-order valence-electron chi connectivity index (χ3n) is 4.70. The molecule has 0 spiro atoms. The van der Waals surface area contributed by atoms with E-state index in [-0.39, 0.29) is 22.1 Å². The Morgan fingerprint density at radius 2 is 2.00 bits per heavy atom. The minimum atomic E-state index is -1.14. The van der Waals surface area contributed by atoms with Crippen molar-refractivity contribution in [2.75, 3.05) is 7.11 Å². The van der Waals surface area contributed by atoms with Crippen LogP contribution in [0.3, 0.4) is 0 Å². The van der Waals surface area contributed by atoms with E-state index in [1.165, 1.54) is 24.9 Å². The molecule has 0 radical (unpaired) electrons. The van der Waals surface area contributed by atoms with Crippen LogP contribution in [0.4, 0.5) is 0 Å². The van der Waals surface area contributed by atoms with E-state index in [1.807, 2.05) is 26.8 Å². The van der Waals surface area contributed by atoms with Gasteiger partial charge in [0.2, 0.25) is 0 Å². The van der Waals surface area contributed by atoms with E-state index in [1.54, 1.807) is 24.3 Å². The first-order valence-corrected chi connectivity index (χ1v) is 11.1. The van der Waals surface area contributed by atoms with E-state index in [4.69, 9.17) is 26.2 Å². The van der Waals surface area contributed by atoms with Crippen LogP contribution >= 0.6 is 27.5 Å². The molecule has 0 saturated heterocycles. The summed E-state index contributed by atoms with van der Waals surface area (Å²) in [6.45, 7) is 7.22. The predicted molar refractivity (Wildman–Crippen MR) is 131 cm³/mol. The van der Waals surface area contributed by atoms with E-state index in [0.717, 1.165) is 4.47 Å². The van der Waals surface area contributed by atoms with Crippen molar-refractivity contribution < 1.29 is 19.4 Å². The molecule has 0 amide bonds. The van der Waals surface area contributed by atoms with Crippen molar-refractivity contribution in [2.24, 2.45) is 5.10 Å². The van der Waals surface area contributed by atoms with Crippen LogP contribution in [0.15, 0.2) is 44.7 Å². The number of aliphatic carboxylic acids is 1. The molecule has 0 aliphatic rings. The van der Waals surface area contributed by atoms with Crippen molar-refractivity contribution >= 4 is 50.6 Å². The highest BCUT2D eigenvalue weighted by Gasteiger charge is 2.23. The van der Waals surface area contributed by atoms with Crippen molar-refractivity contribution in [1.29, 1.82) is 0 Å². The van der Waals surface area contributed by atoms with Crippen LogP contribution in [-0.4, -0.2) is 40.2 Å². The summed E-state index contributed by atoms with van der Waals surface area (Å²) in [5.41, 5.74) is 0.333. The Morgan fingerprint density at radius 1 is 1.30 bits per heavy atom. The molecule has 1 aromatic heterocycles. The van der Waals surface area contributed by atoms with Gasteiger partial charge in [-0.3, -0.25) is 4.79 Å². The van der Waals surface area contributed by atoms with Gasteiger partial charge >= 0.3 is 5.97 Å².